The SMILES string of the molecule is CC1(C)O[C@@H]2[C@@H](C=C(Br)[C@@H]2O)O1. The minimum absolute atomic E-state index is 0.107. The average molecular weight is 235 g/mol. The second kappa shape index (κ2) is 2.54. The zero-order valence-corrected chi connectivity index (χ0v) is 8.54. The number of rotatable bonds is 0. The van der Waals surface area contributed by atoms with Crippen LogP contribution in [0.4, 0.5) is 0 Å². The number of hydrogen-bond donors (Lipinski definition) is 1. The fourth-order valence-electron chi connectivity index (χ4n) is 1.60. The molecular weight excluding hydrogens is 224 g/mol. The van der Waals surface area contributed by atoms with E-state index in [9.17, 15) is 5.11 Å². The van der Waals surface area contributed by atoms with Crippen LogP contribution in [0.1, 0.15) is 13.8 Å². The maximum absolute atomic E-state index is 9.58. The molecule has 3 nitrogen and oxygen atoms in total. The van der Waals surface area contributed by atoms with Crippen molar-refractivity contribution < 1.29 is 14.6 Å². The van der Waals surface area contributed by atoms with Crippen LogP contribution in [0.25, 0.3) is 0 Å². The molecule has 1 N–H and O–H groups in total. The van der Waals surface area contributed by atoms with Gasteiger partial charge in [0.15, 0.2) is 5.79 Å². The van der Waals surface area contributed by atoms with Gasteiger partial charge < -0.3 is 14.6 Å². The number of hydrogen-bond acceptors (Lipinski definition) is 3. The van der Waals surface area contributed by atoms with Gasteiger partial charge in [-0.15, -0.1) is 0 Å². The highest BCUT2D eigenvalue weighted by Crippen LogP contribution is 2.38. The fraction of sp³-hybridized carbons (Fsp3) is 0.750. The van der Waals surface area contributed by atoms with Gasteiger partial charge >= 0.3 is 0 Å². The van der Waals surface area contributed by atoms with Gasteiger partial charge in [-0.25, -0.2) is 0 Å². The highest BCUT2D eigenvalue weighted by Gasteiger charge is 2.48. The Hall–Kier alpha value is 0.1000. The molecule has 12 heavy (non-hydrogen) atoms. The summed E-state index contributed by atoms with van der Waals surface area (Å²) in [5, 5.41) is 9.58. The first-order valence-electron chi connectivity index (χ1n) is 3.90. The zero-order chi connectivity index (χ0) is 8.93. The van der Waals surface area contributed by atoms with Crippen molar-refractivity contribution in [2.75, 3.05) is 0 Å². The van der Waals surface area contributed by atoms with E-state index < -0.39 is 11.9 Å². The quantitative estimate of drug-likeness (QED) is 0.684. The largest absolute Gasteiger partial charge is 0.385 e. The lowest BCUT2D eigenvalue weighted by molar-refractivity contribution is -0.152. The molecule has 0 unspecified atom stereocenters. The Balaban J connectivity index is 2.19. The van der Waals surface area contributed by atoms with Gasteiger partial charge in [0.1, 0.15) is 18.3 Å². The van der Waals surface area contributed by atoms with Crippen LogP contribution >= 0.6 is 15.9 Å². The second-order valence-electron chi connectivity index (χ2n) is 3.56. The van der Waals surface area contributed by atoms with Gasteiger partial charge in [0, 0.05) is 4.48 Å². The van der Waals surface area contributed by atoms with Crippen LogP contribution in [0, 0.1) is 0 Å². The van der Waals surface area contributed by atoms with Gasteiger partial charge in [-0.3, -0.25) is 0 Å². The minimum Gasteiger partial charge on any atom is -0.385 e. The maximum atomic E-state index is 9.58. The van der Waals surface area contributed by atoms with Crippen LogP contribution in [0.2, 0.25) is 0 Å². The molecule has 0 aromatic heterocycles. The molecule has 68 valence electrons. The number of halogens is 1. The fourth-order valence-corrected chi connectivity index (χ4v) is 2.12. The number of aliphatic hydroxyl groups excluding tert-OH is 1. The van der Waals surface area contributed by atoms with E-state index in [4.69, 9.17) is 9.47 Å². The zero-order valence-electron chi connectivity index (χ0n) is 6.95. The van der Waals surface area contributed by atoms with E-state index in [1.165, 1.54) is 0 Å². The molecule has 1 aliphatic carbocycles. The van der Waals surface area contributed by atoms with Gasteiger partial charge in [0.05, 0.1) is 0 Å². The van der Waals surface area contributed by atoms with Gasteiger partial charge in [-0.2, -0.15) is 0 Å². The van der Waals surface area contributed by atoms with Gasteiger partial charge in [-0.1, -0.05) is 15.9 Å². The third kappa shape index (κ3) is 1.23. The standard InChI is InChI=1S/C8H11BrO3/c1-8(2)11-5-3-4(9)6(10)7(5)12-8/h3,5-7,10H,1-2H3/t5-,6+,7-/m1/s1. The highest BCUT2D eigenvalue weighted by atomic mass is 79.9. The maximum Gasteiger partial charge on any atom is 0.164 e. The van der Waals surface area contributed by atoms with E-state index in [0.717, 1.165) is 4.48 Å². The summed E-state index contributed by atoms with van der Waals surface area (Å²) in [7, 11) is 0. The molecule has 0 aromatic rings. The summed E-state index contributed by atoms with van der Waals surface area (Å²) in [5.41, 5.74) is 0. The van der Waals surface area contributed by atoms with Crippen LogP contribution in [0.15, 0.2) is 10.6 Å². The van der Waals surface area contributed by atoms with E-state index in [-0.39, 0.29) is 12.2 Å². The summed E-state index contributed by atoms with van der Waals surface area (Å²) in [6.07, 6.45) is 0.930. The van der Waals surface area contributed by atoms with E-state index in [1.807, 2.05) is 19.9 Å². The van der Waals surface area contributed by atoms with Crippen molar-refractivity contribution >= 4 is 15.9 Å². The van der Waals surface area contributed by atoms with Gasteiger partial charge in [0.2, 0.25) is 0 Å². The molecule has 2 aliphatic rings. The lowest BCUT2D eigenvalue weighted by Crippen LogP contribution is -2.29. The molecule has 0 bridgehead atoms. The molecule has 2 rings (SSSR count). The van der Waals surface area contributed by atoms with Crippen LogP contribution in [0.3, 0.4) is 0 Å². The van der Waals surface area contributed by atoms with E-state index in [1.54, 1.807) is 0 Å². The van der Waals surface area contributed by atoms with Gasteiger partial charge in [-0.05, 0) is 19.9 Å². The Labute approximate surface area is 79.5 Å². The van der Waals surface area contributed by atoms with Crippen molar-refractivity contribution in [1.29, 1.82) is 0 Å². The summed E-state index contributed by atoms with van der Waals surface area (Å²) in [6, 6.07) is 0. The molecule has 4 heteroatoms. The predicted molar refractivity (Wildman–Crippen MR) is 46.8 cm³/mol. The molecule has 1 aliphatic heterocycles. The van der Waals surface area contributed by atoms with Crippen molar-refractivity contribution in [3.05, 3.63) is 10.6 Å². The van der Waals surface area contributed by atoms with Crippen LogP contribution in [0.5, 0.6) is 0 Å². The third-order valence-electron chi connectivity index (χ3n) is 2.08. The molecule has 1 heterocycles. The molecule has 3 atom stereocenters. The first kappa shape index (κ1) is 8.69. The molecule has 1 fully saturated rings. The molecule has 1 saturated heterocycles. The molecule has 0 amide bonds. The van der Waals surface area contributed by atoms with Crippen molar-refractivity contribution in [1.82, 2.24) is 0 Å². The Kier molecular flexibility index (Phi) is 1.84. The first-order valence-corrected chi connectivity index (χ1v) is 4.70. The van der Waals surface area contributed by atoms with Crippen molar-refractivity contribution in [3.63, 3.8) is 0 Å². The second-order valence-corrected chi connectivity index (χ2v) is 4.48. The summed E-state index contributed by atoms with van der Waals surface area (Å²) in [5.74, 6) is -0.569. The molecule has 0 spiro atoms. The third-order valence-corrected chi connectivity index (χ3v) is 2.81. The molecule has 0 radical (unpaired) electrons. The average Bonchev–Trinajstić information content (AvgIpc) is 2.33. The number of fused-ring (bicyclic) bond motifs is 1. The monoisotopic (exact) mass is 234 g/mol. The lowest BCUT2D eigenvalue weighted by Gasteiger charge is -2.19. The lowest BCUT2D eigenvalue weighted by atomic mass is 10.2. The Bertz CT molecular complexity index is 236. The summed E-state index contributed by atoms with van der Waals surface area (Å²) >= 11 is 3.25. The number of ether oxygens (including phenoxy) is 2. The Morgan fingerprint density at radius 2 is 2.17 bits per heavy atom. The number of aliphatic hydroxyl groups is 1. The summed E-state index contributed by atoms with van der Waals surface area (Å²) < 4.78 is 11.8. The van der Waals surface area contributed by atoms with Crippen LogP contribution in [-0.4, -0.2) is 29.2 Å². The van der Waals surface area contributed by atoms with Gasteiger partial charge in [0.25, 0.3) is 0 Å². The highest BCUT2D eigenvalue weighted by molar-refractivity contribution is 9.11. The smallest absolute Gasteiger partial charge is 0.164 e. The Morgan fingerprint density at radius 3 is 2.75 bits per heavy atom. The predicted octanol–water partition coefficient (Wildman–Crippen LogP) is 1.16. The topological polar surface area (TPSA) is 38.7 Å². The Morgan fingerprint density at radius 1 is 1.50 bits per heavy atom. The first-order chi connectivity index (χ1) is 5.49. The van der Waals surface area contributed by atoms with Crippen molar-refractivity contribution in [3.8, 4) is 0 Å². The van der Waals surface area contributed by atoms with Crippen molar-refractivity contribution in [2.45, 2.75) is 37.9 Å². The molecule has 0 saturated carbocycles. The summed E-state index contributed by atoms with van der Waals surface area (Å²) in [6.45, 7) is 3.69. The normalized spacial score (nSPS) is 44.3. The van der Waals surface area contributed by atoms with E-state index in [2.05, 4.69) is 15.9 Å². The van der Waals surface area contributed by atoms with E-state index >= 15 is 0 Å². The van der Waals surface area contributed by atoms with Crippen LogP contribution in [-0.2, 0) is 9.47 Å². The molecular formula is C8H11BrO3. The molecule has 0 aromatic carbocycles. The summed E-state index contributed by atoms with van der Waals surface area (Å²) in [4.78, 5) is 0. The van der Waals surface area contributed by atoms with E-state index in [0.29, 0.717) is 0 Å². The minimum atomic E-state index is -0.572. The van der Waals surface area contributed by atoms with Crippen LogP contribution < -0.4 is 0 Å². The van der Waals surface area contributed by atoms with Crippen molar-refractivity contribution in [2.24, 2.45) is 0 Å².